The summed E-state index contributed by atoms with van der Waals surface area (Å²) in [5, 5.41) is 0. The highest BCUT2D eigenvalue weighted by Gasteiger charge is 2.13. The summed E-state index contributed by atoms with van der Waals surface area (Å²) in [5.74, 6) is 0. The van der Waals surface area contributed by atoms with Gasteiger partial charge in [-0.05, 0) is 27.7 Å². The van der Waals surface area contributed by atoms with Gasteiger partial charge in [0.25, 0.3) is 0 Å². The van der Waals surface area contributed by atoms with E-state index in [1.54, 1.807) is 7.11 Å². The molecule has 0 aromatic heterocycles. The standard InChI is InChI=1S/C7H16O2/c1-6(8-5)9-7(2,3)4/h6H,1-5H3. The van der Waals surface area contributed by atoms with Crippen molar-refractivity contribution in [1.29, 1.82) is 0 Å². The van der Waals surface area contributed by atoms with E-state index < -0.39 is 0 Å². The van der Waals surface area contributed by atoms with E-state index >= 15 is 0 Å². The van der Waals surface area contributed by atoms with Gasteiger partial charge in [-0.3, -0.25) is 0 Å². The number of hydrogen-bond acceptors (Lipinski definition) is 2. The predicted octanol–water partition coefficient (Wildman–Crippen LogP) is 1.79. The van der Waals surface area contributed by atoms with Gasteiger partial charge in [-0.1, -0.05) is 0 Å². The van der Waals surface area contributed by atoms with Crippen LogP contribution >= 0.6 is 0 Å². The fraction of sp³-hybridized carbons (Fsp3) is 1.00. The molecule has 2 nitrogen and oxygen atoms in total. The van der Waals surface area contributed by atoms with Crippen LogP contribution in [-0.2, 0) is 9.47 Å². The van der Waals surface area contributed by atoms with Crippen LogP contribution in [0, 0.1) is 0 Å². The molecule has 1 atom stereocenters. The van der Waals surface area contributed by atoms with Gasteiger partial charge in [0.2, 0.25) is 0 Å². The molecule has 0 aliphatic rings. The Kier molecular flexibility index (Phi) is 3.15. The zero-order valence-electron chi connectivity index (χ0n) is 6.89. The zero-order valence-corrected chi connectivity index (χ0v) is 6.89. The van der Waals surface area contributed by atoms with Crippen LogP contribution < -0.4 is 0 Å². The summed E-state index contributed by atoms with van der Waals surface area (Å²) in [6.45, 7) is 7.89. The summed E-state index contributed by atoms with van der Waals surface area (Å²) < 4.78 is 10.3. The normalized spacial score (nSPS) is 15.7. The lowest BCUT2D eigenvalue weighted by molar-refractivity contribution is -0.171. The van der Waals surface area contributed by atoms with Crippen LogP contribution in [0.5, 0.6) is 0 Å². The Bertz CT molecular complexity index is 73.5. The smallest absolute Gasteiger partial charge is 0.155 e. The first-order chi connectivity index (χ1) is 3.95. The second-order valence-corrected chi connectivity index (χ2v) is 3.03. The molecule has 0 heterocycles. The molecule has 0 spiro atoms. The van der Waals surface area contributed by atoms with Gasteiger partial charge in [0, 0.05) is 7.11 Å². The lowest BCUT2D eigenvalue weighted by Gasteiger charge is -2.23. The third-order valence-corrected chi connectivity index (χ3v) is 0.851. The van der Waals surface area contributed by atoms with Crippen molar-refractivity contribution < 1.29 is 9.47 Å². The third kappa shape index (κ3) is 5.80. The largest absolute Gasteiger partial charge is 0.356 e. The van der Waals surface area contributed by atoms with Crippen molar-refractivity contribution in [2.75, 3.05) is 7.11 Å². The van der Waals surface area contributed by atoms with Gasteiger partial charge in [-0.15, -0.1) is 0 Å². The van der Waals surface area contributed by atoms with Crippen molar-refractivity contribution in [1.82, 2.24) is 0 Å². The van der Waals surface area contributed by atoms with Crippen LogP contribution in [-0.4, -0.2) is 19.0 Å². The van der Waals surface area contributed by atoms with Gasteiger partial charge >= 0.3 is 0 Å². The molecule has 1 unspecified atom stereocenters. The van der Waals surface area contributed by atoms with Crippen LogP contribution in [0.4, 0.5) is 0 Å². The summed E-state index contributed by atoms with van der Waals surface area (Å²) in [6.07, 6.45) is -0.106. The quantitative estimate of drug-likeness (QED) is 0.533. The SMILES string of the molecule is COC(C)OC(C)(C)C. The van der Waals surface area contributed by atoms with Crippen LogP contribution in [0.1, 0.15) is 27.7 Å². The molecule has 0 N–H and O–H groups in total. The predicted molar refractivity (Wildman–Crippen MR) is 37.3 cm³/mol. The van der Waals surface area contributed by atoms with Crippen molar-refractivity contribution in [3.05, 3.63) is 0 Å². The number of ether oxygens (including phenoxy) is 2. The second kappa shape index (κ2) is 3.18. The number of rotatable bonds is 2. The minimum absolute atomic E-state index is 0.102. The van der Waals surface area contributed by atoms with Crippen LogP contribution in [0.3, 0.4) is 0 Å². The molecule has 0 aromatic carbocycles. The van der Waals surface area contributed by atoms with E-state index in [0.717, 1.165) is 0 Å². The minimum atomic E-state index is -0.106. The van der Waals surface area contributed by atoms with Gasteiger partial charge in [0.15, 0.2) is 6.29 Å². The van der Waals surface area contributed by atoms with Crippen molar-refractivity contribution >= 4 is 0 Å². The average Bonchev–Trinajstić information content (AvgIpc) is 1.62. The fourth-order valence-electron chi connectivity index (χ4n) is 0.546. The number of methoxy groups -OCH3 is 1. The van der Waals surface area contributed by atoms with E-state index in [2.05, 4.69) is 0 Å². The van der Waals surface area contributed by atoms with Crippen LogP contribution in [0.2, 0.25) is 0 Å². The maximum absolute atomic E-state index is 5.36. The van der Waals surface area contributed by atoms with Crippen molar-refractivity contribution in [3.63, 3.8) is 0 Å². The molecule has 0 aromatic rings. The van der Waals surface area contributed by atoms with Crippen molar-refractivity contribution in [2.45, 2.75) is 39.6 Å². The molecule has 0 fully saturated rings. The molecule has 0 saturated carbocycles. The Hall–Kier alpha value is -0.0800. The summed E-state index contributed by atoms with van der Waals surface area (Å²) in [6, 6.07) is 0. The van der Waals surface area contributed by atoms with E-state index in [1.165, 1.54) is 0 Å². The van der Waals surface area contributed by atoms with Crippen LogP contribution in [0.25, 0.3) is 0 Å². The molecule has 0 aliphatic carbocycles. The molecule has 2 heteroatoms. The van der Waals surface area contributed by atoms with Crippen molar-refractivity contribution in [3.8, 4) is 0 Å². The molecule has 0 saturated heterocycles. The molecule has 0 bridgehead atoms. The van der Waals surface area contributed by atoms with Crippen LogP contribution in [0.15, 0.2) is 0 Å². The van der Waals surface area contributed by atoms with Gasteiger partial charge in [-0.2, -0.15) is 0 Å². The average molecular weight is 132 g/mol. The zero-order chi connectivity index (χ0) is 7.49. The highest BCUT2D eigenvalue weighted by molar-refractivity contribution is 4.58. The fourth-order valence-corrected chi connectivity index (χ4v) is 0.546. The van der Waals surface area contributed by atoms with Crippen molar-refractivity contribution in [2.24, 2.45) is 0 Å². The molecule has 9 heavy (non-hydrogen) atoms. The maximum atomic E-state index is 5.36. The molecular weight excluding hydrogens is 116 g/mol. The lowest BCUT2D eigenvalue weighted by atomic mass is 10.2. The van der Waals surface area contributed by atoms with E-state index in [9.17, 15) is 0 Å². The maximum Gasteiger partial charge on any atom is 0.155 e. The summed E-state index contributed by atoms with van der Waals surface area (Å²) in [5.41, 5.74) is -0.102. The van der Waals surface area contributed by atoms with E-state index in [1.807, 2.05) is 27.7 Å². The molecule has 56 valence electrons. The van der Waals surface area contributed by atoms with Gasteiger partial charge < -0.3 is 9.47 Å². The van der Waals surface area contributed by atoms with E-state index in [0.29, 0.717) is 0 Å². The first-order valence-corrected chi connectivity index (χ1v) is 3.16. The summed E-state index contributed by atoms with van der Waals surface area (Å²) in [4.78, 5) is 0. The van der Waals surface area contributed by atoms with Gasteiger partial charge in [-0.25, -0.2) is 0 Å². The number of hydrogen-bond donors (Lipinski definition) is 0. The lowest BCUT2D eigenvalue weighted by Crippen LogP contribution is -2.26. The molecule has 0 rings (SSSR count). The molecule has 0 amide bonds. The summed E-state index contributed by atoms with van der Waals surface area (Å²) >= 11 is 0. The molecule has 0 radical (unpaired) electrons. The Labute approximate surface area is 57.2 Å². The Morgan fingerprint density at radius 2 is 1.67 bits per heavy atom. The molecule has 0 aliphatic heterocycles. The Morgan fingerprint density at radius 1 is 1.22 bits per heavy atom. The first-order valence-electron chi connectivity index (χ1n) is 3.16. The topological polar surface area (TPSA) is 18.5 Å². The highest BCUT2D eigenvalue weighted by Crippen LogP contribution is 2.09. The van der Waals surface area contributed by atoms with E-state index in [4.69, 9.17) is 9.47 Å². The van der Waals surface area contributed by atoms with E-state index in [-0.39, 0.29) is 11.9 Å². The van der Waals surface area contributed by atoms with Gasteiger partial charge in [0.05, 0.1) is 5.60 Å². The Morgan fingerprint density at radius 3 is 1.78 bits per heavy atom. The summed E-state index contributed by atoms with van der Waals surface area (Å²) in [7, 11) is 1.64. The highest BCUT2D eigenvalue weighted by atomic mass is 16.7. The Balaban J connectivity index is 3.47. The van der Waals surface area contributed by atoms with Gasteiger partial charge in [0.1, 0.15) is 0 Å². The minimum Gasteiger partial charge on any atom is -0.356 e. The first kappa shape index (κ1) is 8.92. The molecular formula is C7H16O2. The third-order valence-electron chi connectivity index (χ3n) is 0.851. The monoisotopic (exact) mass is 132 g/mol. The second-order valence-electron chi connectivity index (χ2n) is 3.03.